The molecule has 0 bridgehead atoms. The molecule has 1 atom stereocenters. The van der Waals surface area contributed by atoms with Crippen LogP contribution in [0.3, 0.4) is 0 Å². The number of amides is 1. The normalized spacial score (nSPS) is 17.6. The summed E-state index contributed by atoms with van der Waals surface area (Å²) in [6.07, 6.45) is 2.00. The summed E-state index contributed by atoms with van der Waals surface area (Å²) in [4.78, 5) is 12.0. The molecule has 0 radical (unpaired) electrons. The van der Waals surface area contributed by atoms with Crippen molar-refractivity contribution in [1.82, 2.24) is 5.32 Å². The molecule has 18 heavy (non-hydrogen) atoms. The van der Waals surface area contributed by atoms with Gasteiger partial charge in [0.2, 0.25) is 0 Å². The van der Waals surface area contributed by atoms with Crippen LogP contribution in [-0.2, 0) is 0 Å². The van der Waals surface area contributed by atoms with E-state index in [9.17, 15) is 4.79 Å². The molecule has 1 heterocycles. The number of carbonyl (C=O) groups is 1. The van der Waals surface area contributed by atoms with Gasteiger partial charge in [-0.1, -0.05) is 39.3 Å². The van der Waals surface area contributed by atoms with Crippen LogP contribution >= 0.6 is 0 Å². The highest BCUT2D eigenvalue weighted by Gasteiger charge is 2.23. The molecule has 3 nitrogen and oxygen atoms in total. The minimum atomic E-state index is -0.0101. The van der Waals surface area contributed by atoms with Gasteiger partial charge in [-0.2, -0.15) is 0 Å². The monoisotopic (exact) mass is 249 g/mol. The third kappa shape index (κ3) is 3.25. The van der Waals surface area contributed by atoms with Crippen LogP contribution in [0.1, 0.15) is 49.5 Å². The van der Waals surface area contributed by atoms with Gasteiger partial charge in [-0.3, -0.25) is 4.79 Å². The molecule has 3 heteroatoms. The molecule has 100 valence electrons. The van der Waals surface area contributed by atoms with E-state index in [0.717, 1.165) is 18.4 Å². The lowest BCUT2D eigenvalue weighted by atomic mass is 10.1. The van der Waals surface area contributed by atoms with Crippen molar-refractivity contribution < 1.29 is 9.53 Å². The fourth-order valence-corrected chi connectivity index (χ4v) is 2.05. The molecule has 0 spiro atoms. The van der Waals surface area contributed by atoms with Crippen molar-refractivity contribution in [3.8, 4) is 5.75 Å². The zero-order valence-corrected chi connectivity index (χ0v) is 11.7. The highest BCUT2D eigenvalue weighted by molar-refractivity contribution is 5.98. The van der Waals surface area contributed by atoms with Gasteiger partial charge in [0.1, 0.15) is 12.4 Å². The van der Waals surface area contributed by atoms with Crippen LogP contribution in [0.2, 0.25) is 0 Å². The van der Waals surface area contributed by atoms with Gasteiger partial charge < -0.3 is 10.1 Å². The molecule has 2 rings (SSSR count). The Hall–Kier alpha value is -1.51. The molecule has 0 saturated heterocycles. The molecule has 1 aromatic rings. The minimum Gasteiger partial charge on any atom is -0.491 e. The van der Waals surface area contributed by atoms with Crippen LogP contribution < -0.4 is 10.1 Å². The maximum Gasteiger partial charge on any atom is 0.255 e. The van der Waals surface area contributed by atoms with Gasteiger partial charge in [0, 0.05) is 0 Å². The Morgan fingerprint density at radius 3 is 2.78 bits per heavy atom. The minimum absolute atomic E-state index is 0.0101. The number of aryl methyl sites for hydroxylation is 1. The number of benzene rings is 1. The van der Waals surface area contributed by atoms with Gasteiger partial charge in [0.15, 0.2) is 0 Å². The predicted molar refractivity (Wildman–Crippen MR) is 74.2 cm³/mol. The predicted octanol–water partition coefficient (Wildman–Crippen LogP) is 3.31. The Morgan fingerprint density at radius 1 is 1.39 bits per heavy atom. The Kier molecular flexibility index (Phi) is 5.69. The number of ether oxygens (including phenoxy) is 1. The quantitative estimate of drug-likeness (QED) is 0.873. The van der Waals surface area contributed by atoms with E-state index in [-0.39, 0.29) is 11.9 Å². The molecule has 0 saturated carbocycles. The number of rotatable bonds is 2. The molecular weight excluding hydrogens is 226 g/mol. The summed E-state index contributed by atoms with van der Waals surface area (Å²) in [5.74, 6) is 0.695. The average Bonchev–Trinajstić information content (AvgIpc) is 2.53. The summed E-state index contributed by atoms with van der Waals surface area (Å²) < 4.78 is 5.68. The van der Waals surface area contributed by atoms with Gasteiger partial charge in [0.05, 0.1) is 11.6 Å². The highest BCUT2D eigenvalue weighted by atomic mass is 16.5. The average molecular weight is 249 g/mol. The summed E-state index contributed by atoms with van der Waals surface area (Å²) in [6, 6.07) is 5.84. The van der Waals surface area contributed by atoms with Gasteiger partial charge in [0.25, 0.3) is 5.91 Å². The molecule has 1 aliphatic rings. The van der Waals surface area contributed by atoms with E-state index >= 15 is 0 Å². The van der Waals surface area contributed by atoms with Crippen LogP contribution in [0.15, 0.2) is 18.2 Å². The molecule has 0 aliphatic carbocycles. The fraction of sp³-hybridized carbons (Fsp3) is 0.533. The van der Waals surface area contributed by atoms with Crippen molar-refractivity contribution in [2.75, 3.05) is 6.61 Å². The first kappa shape index (κ1) is 14.6. The van der Waals surface area contributed by atoms with Crippen molar-refractivity contribution in [2.45, 2.75) is 46.6 Å². The van der Waals surface area contributed by atoms with Crippen molar-refractivity contribution in [3.63, 3.8) is 0 Å². The Balaban J connectivity index is 0.000000771. The summed E-state index contributed by atoms with van der Waals surface area (Å²) in [5, 5.41) is 3.01. The lowest BCUT2D eigenvalue weighted by molar-refractivity contribution is 0.0936. The number of nitrogens with one attached hydrogen (secondary N) is 1. The van der Waals surface area contributed by atoms with E-state index in [1.807, 2.05) is 39.0 Å². The molecule has 0 fully saturated rings. The van der Waals surface area contributed by atoms with E-state index in [4.69, 9.17) is 4.74 Å². The van der Waals surface area contributed by atoms with E-state index in [1.54, 1.807) is 0 Å². The Bertz CT molecular complexity index is 401. The first-order chi connectivity index (χ1) is 8.72. The number of hydrogen-bond acceptors (Lipinski definition) is 2. The number of fused-ring (bicyclic) bond motifs is 1. The first-order valence-electron chi connectivity index (χ1n) is 6.75. The number of carbonyl (C=O) groups excluding carboxylic acids is 1. The molecule has 1 amide bonds. The molecule has 1 aliphatic heterocycles. The van der Waals surface area contributed by atoms with Gasteiger partial charge in [-0.05, 0) is 25.0 Å². The molecular formula is C15H23NO2. The third-order valence-corrected chi connectivity index (χ3v) is 2.87. The molecule has 1 unspecified atom stereocenters. The highest BCUT2D eigenvalue weighted by Crippen LogP contribution is 2.24. The lowest BCUT2D eigenvalue weighted by Gasteiger charge is -2.13. The second-order valence-corrected chi connectivity index (χ2v) is 4.22. The summed E-state index contributed by atoms with van der Waals surface area (Å²) in [5.41, 5.74) is 1.65. The maximum atomic E-state index is 12.0. The van der Waals surface area contributed by atoms with Crippen LogP contribution in [0, 0.1) is 6.92 Å². The van der Waals surface area contributed by atoms with E-state index in [1.165, 1.54) is 0 Å². The summed E-state index contributed by atoms with van der Waals surface area (Å²) >= 11 is 0. The second kappa shape index (κ2) is 7.04. The van der Waals surface area contributed by atoms with Gasteiger partial charge in [-0.25, -0.2) is 0 Å². The molecule has 1 N–H and O–H groups in total. The van der Waals surface area contributed by atoms with Gasteiger partial charge >= 0.3 is 0 Å². The van der Waals surface area contributed by atoms with Crippen LogP contribution in [0.4, 0.5) is 0 Å². The van der Waals surface area contributed by atoms with Crippen LogP contribution in [0.5, 0.6) is 5.75 Å². The largest absolute Gasteiger partial charge is 0.491 e. The fourth-order valence-electron chi connectivity index (χ4n) is 2.05. The summed E-state index contributed by atoms with van der Waals surface area (Å²) in [6.45, 7) is 8.60. The SMILES string of the molecule is CC.CCCC1COc2cccc(C)c2C(=O)N1. The molecule has 1 aromatic carbocycles. The maximum absolute atomic E-state index is 12.0. The van der Waals surface area contributed by atoms with E-state index in [2.05, 4.69) is 12.2 Å². The van der Waals surface area contributed by atoms with E-state index < -0.39 is 0 Å². The Labute approximate surface area is 110 Å². The second-order valence-electron chi connectivity index (χ2n) is 4.22. The zero-order valence-electron chi connectivity index (χ0n) is 11.7. The van der Waals surface area contributed by atoms with Crippen molar-refractivity contribution in [3.05, 3.63) is 29.3 Å². The smallest absolute Gasteiger partial charge is 0.255 e. The van der Waals surface area contributed by atoms with E-state index in [0.29, 0.717) is 17.9 Å². The van der Waals surface area contributed by atoms with Crippen LogP contribution in [-0.4, -0.2) is 18.6 Å². The van der Waals surface area contributed by atoms with Crippen molar-refractivity contribution in [1.29, 1.82) is 0 Å². The molecule has 0 aromatic heterocycles. The first-order valence-corrected chi connectivity index (χ1v) is 6.75. The van der Waals surface area contributed by atoms with Crippen LogP contribution in [0.25, 0.3) is 0 Å². The van der Waals surface area contributed by atoms with Crippen molar-refractivity contribution >= 4 is 5.91 Å². The zero-order chi connectivity index (χ0) is 13.5. The standard InChI is InChI=1S/C13H17NO2.C2H6/c1-3-5-10-8-16-11-7-4-6-9(2)12(11)13(15)14-10;1-2/h4,6-7,10H,3,5,8H2,1-2H3,(H,14,15);1-2H3. The topological polar surface area (TPSA) is 38.3 Å². The summed E-state index contributed by atoms with van der Waals surface area (Å²) in [7, 11) is 0. The third-order valence-electron chi connectivity index (χ3n) is 2.87. The Morgan fingerprint density at radius 2 is 2.11 bits per heavy atom. The van der Waals surface area contributed by atoms with Crippen molar-refractivity contribution in [2.24, 2.45) is 0 Å². The van der Waals surface area contributed by atoms with Gasteiger partial charge in [-0.15, -0.1) is 0 Å². The number of hydrogen-bond donors (Lipinski definition) is 1. The lowest BCUT2D eigenvalue weighted by Crippen LogP contribution is -2.36.